The quantitative estimate of drug-likeness (QED) is 0.565. The molecule has 0 saturated carbocycles. The van der Waals surface area contributed by atoms with Crippen LogP contribution < -0.4 is 0 Å². The first-order valence-electron chi connectivity index (χ1n) is 2.82. The van der Waals surface area contributed by atoms with Crippen molar-refractivity contribution in [2.75, 3.05) is 0 Å². The smallest absolute Gasteiger partial charge is 0.198 e. The van der Waals surface area contributed by atoms with Crippen molar-refractivity contribution in [3.63, 3.8) is 0 Å². The van der Waals surface area contributed by atoms with Crippen LogP contribution in [0.15, 0.2) is 10.8 Å². The van der Waals surface area contributed by atoms with Crippen molar-refractivity contribution in [1.82, 2.24) is 0 Å². The Hall–Kier alpha value is -0.500. The molecule has 0 aromatic heterocycles. The Morgan fingerprint density at radius 3 is 2.56 bits per heavy atom. The third-order valence-electron chi connectivity index (χ3n) is 1.32. The van der Waals surface area contributed by atoms with E-state index in [9.17, 15) is 4.79 Å². The standard InChI is InChI=1S/C6H7ClO2/c7-4-2-1-3-5(8)6(4)9/h9H,1-3H2. The lowest BCUT2D eigenvalue weighted by molar-refractivity contribution is -0.118. The number of hydrogen-bond donors (Lipinski definition) is 1. The average molecular weight is 147 g/mol. The molecule has 0 fully saturated rings. The Bertz CT molecular complexity index is 172. The van der Waals surface area contributed by atoms with Crippen LogP contribution >= 0.6 is 11.6 Å². The summed E-state index contributed by atoms with van der Waals surface area (Å²) in [6.07, 6.45) is 1.84. The summed E-state index contributed by atoms with van der Waals surface area (Å²) in [6.45, 7) is 0. The van der Waals surface area contributed by atoms with Crippen molar-refractivity contribution >= 4 is 17.4 Å². The van der Waals surface area contributed by atoms with Gasteiger partial charge in [0.05, 0.1) is 5.03 Å². The van der Waals surface area contributed by atoms with Crippen LogP contribution in [0.25, 0.3) is 0 Å². The Labute approximate surface area is 58.1 Å². The number of carbonyl (C=O) groups is 1. The summed E-state index contributed by atoms with van der Waals surface area (Å²) in [7, 11) is 0. The number of aliphatic hydroxyl groups is 1. The number of hydrogen-bond acceptors (Lipinski definition) is 2. The van der Waals surface area contributed by atoms with Crippen molar-refractivity contribution < 1.29 is 9.90 Å². The lowest BCUT2D eigenvalue weighted by Gasteiger charge is -2.08. The maximum atomic E-state index is 10.6. The largest absolute Gasteiger partial charge is 0.504 e. The Morgan fingerprint density at radius 1 is 1.44 bits per heavy atom. The maximum absolute atomic E-state index is 10.6. The first-order chi connectivity index (χ1) is 4.22. The van der Waals surface area contributed by atoms with Gasteiger partial charge in [0.25, 0.3) is 0 Å². The normalized spacial score (nSPS) is 20.8. The molecule has 0 aliphatic heterocycles. The van der Waals surface area contributed by atoms with Crippen LogP contribution in [0.4, 0.5) is 0 Å². The molecule has 1 rings (SSSR count). The van der Waals surface area contributed by atoms with E-state index in [4.69, 9.17) is 16.7 Å². The molecule has 1 aliphatic carbocycles. The Morgan fingerprint density at radius 2 is 2.11 bits per heavy atom. The highest BCUT2D eigenvalue weighted by molar-refractivity contribution is 6.31. The fraction of sp³-hybridized carbons (Fsp3) is 0.500. The Balaban J connectivity index is 2.84. The molecule has 0 radical (unpaired) electrons. The molecular formula is C6H7ClO2. The maximum Gasteiger partial charge on any atom is 0.198 e. The monoisotopic (exact) mass is 146 g/mol. The van der Waals surface area contributed by atoms with Gasteiger partial charge in [-0.15, -0.1) is 0 Å². The van der Waals surface area contributed by atoms with Crippen molar-refractivity contribution in [3.8, 4) is 0 Å². The predicted octanol–water partition coefficient (Wildman–Crippen LogP) is 1.75. The van der Waals surface area contributed by atoms with E-state index in [1.807, 2.05) is 0 Å². The molecule has 0 aromatic rings. The zero-order valence-corrected chi connectivity index (χ0v) is 5.61. The van der Waals surface area contributed by atoms with E-state index in [1.54, 1.807) is 0 Å². The van der Waals surface area contributed by atoms with Gasteiger partial charge in [0.15, 0.2) is 11.5 Å². The second-order valence-electron chi connectivity index (χ2n) is 2.03. The van der Waals surface area contributed by atoms with E-state index in [0.29, 0.717) is 17.9 Å². The van der Waals surface area contributed by atoms with Crippen molar-refractivity contribution in [1.29, 1.82) is 0 Å². The van der Waals surface area contributed by atoms with Gasteiger partial charge in [-0.05, 0) is 12.8 Å². The van der Waals surface area contributed by atoms with E-state index in [2.05, 4.69) is 0 Å². The minimum atomic E-state index is -0.233. The number of ketones is 1. The first-order valence-corrected chi connectivity index (χ1v) is 3.20. The third-order valence-corrected chi connectivity index (χ3v) is 1.69. The predicted molar refractivity (Wildman–Crippen MR) is 34.4 cm³/mol. The summed E-state index contributed by atoms with van der Waals surface area (Å²) in [6, 6.07) is 0. The van der Waals surface area contributed by atoms with E-state index in [1.165, 1.54) is 0 Å². The van der Waals surface area contributed by atoms with Crippen molar-refractivity contribution in [2.45, 2.75) is 19.3 Å². The molecular weight excluding hydrogens is 140 g/mol. The zero-order valence-electron chi connectivity index (χ0n) is 4.85. The molecule has 3 heteroatoms. The minimum absolute atomic E-state index is 0.230. The second-order valence-corrected chi connectivity index (χ2v) is 2.49. The molecule has 2 nitrogen and oxygen atoms in total. The highest BCUT2D eigenvalue weighted by Crippen LogP contribution is 2.22. The third kappa shape index (κ3) is 1.24. The number of halogens is 1. The Kier molecular flexibility index (Phi) is 1.76. The molecule has 0 heterocycles. The fourth-order valence-corrected chi connectivity index (χ4v) is 1.03. The average Bonchev–Trinajstić information content (AvgIpc) is 1.83. The molecule has 0 aromatic carbocycles. The van der Waals surface area contributed by atoms with E-state index < -0.39 is 0 Å². The van der Waals surface area contributed by atoms with Gasteiger partial charge >= 0.3 is 0 Å². The van der Waals surface area contributed by atoms with Gasteiger partial charge < -0.3 is 5.11 Å². The van der Waals surface area contributed by atoms with Crippen LogP contribution in [0, 0.1) is 0 Å². The molecule has 0 saturated heterocycles. The fourth-order valence-electron chi connectivity index (χ4n) is 0.792. The number of Topliss-reactive ketones (excluding diaryl/α,β-unsaturated/α-hetero) is 1. The SMILES string of the molecule is O=C1CCCC(Cl)=C1O. The van der Waals surface area contributed by atoms with Crippen LogP contribution in [0.5, 0.6) is 0 Å². The molecule has 1 N–H and O–H groups in total. The number of carbonyl (C=O) groups excluding carboxylic acids is 1. The van der Waals surface area contributed by atoms with Gasteiger partial charge in [0.2, 0.25) is 0 Å². The molecule has 0 bridgehead atoms. The number of rotatable bonds is 0. The van der Waals surface area contributed by atoms with E-state index in [0.717, 1.165) is 6.42 Å². The summed E-state index contributed by atoms with van der Waals surface area (Å²) < 4.78 is 0. The molecule has 0 atom stereocenters. The number of allylic oxidation sites excluding steroid dienone is 2. The molecule has 0 spiro atoms. The van der Waals surface area contributed by atoms with Gasteiger partial charge in [0, 0.05) is 6.42 Å². The van der Waals surface area contributed by atoms with Gasteiger partial charge in [-0.1, -0.05) is 11.6 Å². The molecule has 0 unspecified atom stereocenters. The van der Waals surface area contributed by atoms with Gasteiger partial charge in [-0.2, -0.15) is 0 Å². The van der Waals surface area contributed by atoms with Crippen LogP contribution in [0.1, 0.15) is 19.3 Å². The van der Waals surface area contributed by atoms with Crippen LogP contribution in [0.2, 0.25) is 0 Å². The minimum Gasteiger partial charge on any atom is -0.504 e. The van der Waals surface area contributed by atoms with Crippen LogP contribution in [0.3, 0.4) is 0 Å². The number of aliphatic hydroxyl groups excluding tert-OH is 1. The summed E-state index contributed by atoms with van der Waals surface area (Å²) in [5.74, 6) is -0.464. The summed E-state index contributed by atoms with van der Waals surface area (Å²) in [4.78, 5) is 10.6. The summed E-state index contributed by atoms with van der Waals surface area (Å²) in [5.41, 5.74) is 0. The molecule has 9 heavy (non-hydrogen) atoms. The zero-order chi connectivity index (χ0) is 6.85. The van der Waals surface area contributed by atoms with Gasteiger partial charge in [0.1, 0.15) is 0 Å². The lowest BCUT2D eigenvalue weighted by Crippen LogP contribution is -2.08. The first kappa shape index (κ1) is 6.62. The van der Waals surface area contributed by atoms with Crippen LogP contribution in [-0.4, -0.2) is 10.9 Å². The van der Waals surface area contributed by atoms with Crippen molar-refractivity contribution in [3.05, 3.63) is 10.8 Å². The van der Waals surface area contributed by atoms with Crippen LogP contribution in [-0.2, 0) is 4.79 Å². The molecule has 1 aliphatic rings. The summed E-state index contributed by atoms with van der Waals surface area (Å²) in [5, 5.41) is 9.16. The highest BCUT2D eigenvalue weighted by Gasteiger charge is 2.17. The van der Waals surface area contributed by atoms with Crippen molar-refractivity contribution in [2.24, 2.45) is 0 Å². The topological polar surface area (TPSA) is 37.3 Å². The van der Waals surface area contributed by atoms with E-state index >= 15 is 0 Å². The highest BCUT2D eigenvalue weighted by atomic mass is 35.5. The summed E-state index contributed by atoms with van der Waals surface area (Å²) >= 11 is 5.47. The molecule has 50 valence electrons. The lowest BCUT2D eigenvalue weighted by atomic mass is 10.1. The van der Waals surface area contributed by atoms with Gasteiger partial charge in [-0.25, -0.2) is 0 Å². The molecule has 0 amide bonds. The second kappa shape index (κ2) is 2.40. The van der Waals surface area contributed by atoms with E-state index in [-0.39, 0.29) is 11.5 Å². The van der Waals surface area contributed by atoms with Gasteiger partial charge in [-0.3, -0.25) is 4.79 Å².